The summed E-state index contributed by atoms with van der Waals surface area (Å²) in [6.45, 7) is 3.04. The zero-order chi connectivity index (χ0) is 14.3. The number of aromatic nitrogens is 1. The van der Waals surface area contributed by atoms with E-state index in [0.717, 1.165) is 11.3 Å². The highest BCUT2D eigenvalue weighted by Gasteiger charge is 2.25. The van der Waals surface area contributed by atoms with Crippen molar-refractivity contribution in [1.82, 2.24) is 4.98 Å². The molecule has 0 radical (unpaired) electrons. The fourth-order valence-electron chi connectivity index (χ4n) is 2.28. The number of benzene rings is 1. The number of ketones is 1. The minimum absolute atomic E-state index is 0.160. The fourth-order valence-corrected chi connectivity index (χ4v) is 2.28. The third kappa shape index (κ3) is 1.84. The second-order valence-corrected chi connectivity index (χ2v) is 4.51. The Morgan fingerprint density at radius 2 is 2.05 bits per heavy atom. The average molecular weight is 268 g/mol. The second kappa shape index (κ2) is 4.45. The summed E-state index contributed by atoms with van der Waals surface area (Å²) < 4.78 is 5.01. The van der Waals surface area contributed by atoms with Crippen molar-refractivity contribution in [2.75, 3.05) is 0 Å². The van der Waals surface area contributed by atoms with E-state index in [4.69, 9.17) is 4.42 Å². The molecule has 5 nitrogen and oxygen atoms in total. The van der Waals surface area contributed by atoms with Crippen LogP contribution in [0.15, 0.2) is 33.7 Å². The molecule has 1 N–H and O–H groups in total. The number of allylic oxidation sites excluding steroid dienone is 2. The summed E-state index contributed by atoms with van der Waals surface area (Å²) >= 11 is 0. The maximum Gasteiger partial charge on any atom is 0.311 e. The van der Waals surface area contributed by atoms with Gasteiger partial charge in [0.2, 0.25) is 0 Å². The van der Waals surface area contributed by atoms with E-state index >= 15 is 0 Å². The maximum atomic E-state index is 12.0. The lowest BCUT2D eigenvalue weighted by molar-refractivity contribution is -0.111. The van der Waals surface area contributed by atoms with Gasteiger partial charge in [-0.25, -0.2) is 4.98 Å². The Bertz CT molecular complexity index is 769. The number of nitrogens with zero attached hydrogens (tertiary/aromatic N) is 2. The molecule has 0 spiro atoms. The van der Waals surface area contributed by atoms with E-state index < -0.39 is 0 Å². The first-order valence-electron chi connectivity index (χ1n) is 6.13. The monoisotopic (exact) mass is 268 g/mol. The van der Waals surface area contributed by atoms with Crippen LogP contribution in [0.25, 0.3) is 11.1 Å². The molecule has 20 heavy (non-hydrogen) atoms. The average Bonchev–Trinajstić information content (AvgIpc) is 2.95. The third-order valence-corrected chi connectivity index (χ3v) is 3.10. The van der Waals surface area contributed by atoms with E-state index in [2.05, 4.69) is 9.98 Å². The molecule has 0 unspecified atom stereocenters. The molecule has 5 heteroatoms. The number of aliphatic imine (C=N–C) groups is 1. The van der Waals surface area contributed by atoms with Crippen molar-refractivity contribution in [2.24, 2.45) is 4.99 Å². The lowest BCUT2D eigenvalue weighted by Gasteiger charge is -2.05. The quantitative estimate of drug-likeness (QED) is 0.850. The van der Waals surface area contributed by atoms with Crippen molar-refractivity contribution in [3.05, 3.63) is 41.4 Å². The molecule has 0 aliphatic carbocycles. The predicted molar refractivity (Wildman–Crippen MR) is 75.0 cm³/mol. The molecule has 0 fully saturated rings. The number of rotatable bonds is 2. The Labute approximate surface area is 115 Å². The van der Waals surface area contributed by atoms with Gasteiger partial charge in [-0.15, -0.1) is 0 Å². The largest absolute Gasteiger partial charge is 0.479 e. The maximum absolute atomic E-state index is 12.0. The predicted octanol–water partition coefficient (Wildman–Crippen LogP) is 2.90. The minimum atomic E-state index is -0.349. The van der Waals surface area contributed by atoms with Crippen molar-refractivity contribution in [3.8, 4) is 5.95 Å². The van der Waals surface area contributed by atoms with E-state index in [9.17, 15) is 9.90 Å². The molecular formula is C15H12N2O3. The molecule has 1 aromatic carbocycles. The third-order valence-electron chi connectivity index (χ3n) is 3.10. The van der Waals surface area contributed by atoms with Gasteiger partial charge in [0.1, 0.15) is 0 Å². The van der Waals surface area contributed by atoms with Gasteiger partial charge in [0.05, 0.1) is 11.3 Å². The Morgan fingerprint density at radius 3 is 2.70 bits per heavy atom. The molecule has 0 atom stereocenters. The van der Waals surface area contributed by atoms with Crippen LogP contribution in [0.5, 0.6) is 5.95 Å². The number of carbonyl (C=O) groups is 1. The van der Waals surface area contributed by atoms with Crippen molar-refractivity contribution < 1.29 is 14.3 Å². The second-order valence-electron chi connectivity index (χ2n) is 4.51. The van der Waals surface area contributed by atoms with Crippen LogP contribution in [-0.4, -0.2) is 22.1 Å². The summed E-state index contributed by atoms with van der Waals surface area (Å²) in [5.74, 6) is -0.246. The molecule has 2 aromatic rings. The van der Waals surface area contributed by atoms with Crippen LogP contribution in [0.1, 0.15) is 24.1 Å². The summed E-state index contributed by atoms with van der Waals surface area (Å²) in [5.41, 5.74) is 2.76. The van der Waals surface area contributed by atoms with Crippen molar-refractivity contribution >= 4 is 28.8 Å². The van der Waals surface area contributed by atoms with Gasteiger partial charge < -0.3 is 9.52 Å². The molecule has 0 amide bonds. The number of oxazole rings is 1. The van der Waals surface area contributed by atoms with Gasteiger partial charge in [-0.05, 0) is 13.0 Å². The van der Waals surface area contributed by atoms with Gasteiger partial charge in [0, 0.05) is 24.3 Å². The van der Waals surface area contributed by atoms with Crippen LogP contribution < -0.4 is 0 Å². The van der Waals surface area contributed by atoms with E-state index in [0.29, 0.717) is 17.0 Å². The fraction of sp³-hybridized carbons (Fsp3) is 0.133. The van der Waals surface area contributed by atoms with Gasteiger partial charge >= 0.3 is 5.95 Å². The molecule has 1 aliphatic heterocycles. The number of carbonyl (C=O) groups excluding carboxylic acids is 1. The van der Waals surface area contributed by atoms with Crippen molar-refractivity contribution in [3.63, 3.8) is 0 Å². The van der Waals surface area contributed by atoms with E-state index in [-0.39, 0.29) is 17.4 Å². The first-order chi connectivity index (χ1) is 9.58. The highest BCUT2D eigenvalue weighted by Crippen LogP contribution is 2.38. The number of para-hydroxylation sites is 1. The van der Waals surface area contributed by atoms with Gasteiger partial charge in [-0.3, -0.25) is 9.79 Å². The van der Waals surface area contributed by atoms with Crippen LogP contribution in [0.2, 0.25) is 0 Å². The Hall–Kier alpha value is -2.69. The zero-order valence-corrected chi connectivity index (χ0v) is 11.0. The number of hydrogen-bond acceptors (Lipinski definition) is 5. The summed E-state index contributed by atoms with van der Waals surface area (Å²) in [4.78, 5) is 20.4. The van der Waals surface area contributed by atoms with E-state index in [1.54, 1.807) is 13.1 Å². The first kappa shape index (κ1) is 12.3. The van der Waals surface area contributed by atoms with Crippen LogP contribution in [-0.2, 0) is 4.79 Å². The standard InChI is InChI=1S/C15H12N2O3/c1-8(18)13(14-15(19)20-9(2)17-14)11-7-16-12-6-4-3-5-10(11)12/h3-7,19H,1-2H3. The van der Waals surface area contributed by atoms with Crippen LogP contribution in [0, 0.1) is 6.92 Å². The zero-order valence-electron chi connectivity index (χ0n) is 11.0. The summed E-state index contributed by atoms with van der Waals surface area (Å²) in [5, 5.41) is 9.80. The molecule has 3 rings (SSSR count). The first-order valence-corrected chi connectivity index (χ1v) is 6.13. The summed E-state index contributed by atoms with van der Waals surface area (Å²) in [7, 11) is 0. The topological polar surface area (TPSA) is 75.7 Å². The van der Waals surface area contributed by atoms with Crippen molar-refractivity contribution in [2.45, 2.75) is 13.8 Å². The molecule has 1 aromatic heterocycles. The van der Waals surface area contributed by atoms with Crippen molar-refractivity contribution in [1.29, 1.82) is 0 Å². The van der Waals surface area contributed by atoms with Gasteiger partial charge in [0.25, 0.3) is 0 Å². The number of aryl methyl sites for hydroxylation is 1. The summed E-state index contributed by atoms with van der Waals surface area (Å²) in [6, 6.07) is 7.50. The van der Waals surface area contributed by atoms with Gasteiger partial charge in [-0.1, -0.05) is 18.2 Å². The molecule has 0 bridgehead atoms. The molecule has 2 heterocycles. The summed E-state index contributed by atoms with van der Waals surface area (Å²) in [6.07, 6.45) is 1.62. The van der Waals surface area contributed by atoms with Crippen LogP contribution in [0.3, 0.4) is 0 Å². The molecule has 100 valence electrons. The number of aromatic hydroxyl groups is 1. The van der Waals surface area contributed by atoms with Gasteiger partial charge in [-0.2, -0.15) is 0 Å². The molecular weight excluding hydrogens is 256 g/mol. The minimum Gasteiger partial charge on any atom is -0.479 e. The SMILES string of the molecule is CC(=O)C(=C1C=Nc2ccccc21)c1nc(C)oc1O. The smallest absolute Gasteiger partial charge is 0.311 e. The molecule has 0 saturated carbocycles. The number of fused-ring (bicyclic) bond motifs is 1. The number of hydrogen-bond donors (Lipinski definition) is 1. The highest BCUT2D eigenvalue weighted by atomic mass is 16.5. The van der Waals surface area contributed by atoms with E-state index in [1.807, 2.05) is 24.3 Å². The molecule has 1 aliphatic rings. The highest BCUT2D eigenvalue weighted by molar-refractivity contribution is 6.38. The Morgan fingerprint density at radius 1 is 1.30 bits per heavy atom. The normalized spacial score (nSPS) is 15.3. The lowest BCUT2D eigenvalue weighted by atomic mass is 9.97. The van der Waals surface area contributed by atoms with Gasteiger partial charge in [0.15, 0.2) is 17.4 Å². The molecule has 0 saturated heterocycles. The van der Waals surface area contributed by atoms with E-state index in [1.165, 1.54) is 6.92 Å². The van der Waals surface area contributed by atoms with Crippen LogP contribution in [0.4, 0.5) is 5.69 Å². The Kier molecular flexibility index (Phi) is 2.75. The number of Topliss-reactive ketones (excluding diaryl/α,β-unsaturated/α-hetero) is 1. The Balaban J connectivity index is 2.28. The lowest BCUT2D eigenvalue weighted by Crippen LogP contribution is -2.01. The van der Waals surface area contributed by atoms with Crippen LogP contribution >= 0.6 is 0 Å².